The summed E-state index contributed by atoms with van der Waals surface area (Å²) in [7, 11) is -3.97. The molecule has 10 nitrogen and oxygen atoms in total. The molecule has 11 heteroatoms. The first-order valence-electron chi connectivity index (χ1n) is 12.0. The highest BCUT2D eigenvalue weighted by atomic mass is 32.2. The van der Waals surface area contributed by atoms with E-state index in [0.717, 1.165) is 41.9 Å². The Balaban J connectivity index is 1.58. The summed E-state index contributed by atoms with van der Waals surface area (Å²) in [5.41, 5.74) is 8.98. The Morgan fingerprint density at radius 1 is 1.03 bits per heavy atom. The number of nitrogens with zero attached hydrogens (tertiary/aromatic N) is 3. The van der Waals surface area contributed by atoms with Gasteiger partial charge in [-0.05, 0) is 54.2 Å². The van der Waals surface area contributed by atoms with Crippen LogP contribution in [0.4, 0.5) is 0 Å². The van der Waals surface area contributed by atoms with Gasteiger partial charge in [-0.15, -0.1) is 10.2 Å². The zero-order valence-electron chi connectivity index (χ0n) is 20.2. The van der Waals surface area contributed by atoms with Gasteiger partial charge in [0.15, 0.2) is 5.84 Å². The lowest BCUT2D eigenvalue weighted by Gasteiger charge is -2.30. The topological polar surface area (TPSA) is 149 Å². The van der Waals surface area contributed by atoms with Gasteiger partial charge in [-0.25, -0.2) is 8.42 Å². The van der Waals surface area contributed by atoms with E-state index in [9.17, 15) is 13.2 Å². The van der Waals surface area contributed by atoms with Crippen LogP contribution in [0.25, 0.3) is 10.8 Å². The lowest BCUT2D eigenvalue weighted by Crippen LogP contribution is -2.50. The number of hydrogen-bond acceptors (Lipinski definition) is 6. The maximum atomic E-state index is 13.5. The van der Waals surface area contributed by atoms with Gasteiger partial charge in [-0.3, -0.25) is 15.5 Å². The van der Waals surface area contributed by atoms with E-state index < -0.39 is 16.1 Å². The maximum Gasteiger partial charge on any atom is 0.241 e. The molecule has 3 aromatic carbocycles. The molecule has 1 fully saturated rings. The molecule has 1 heterocycles. The van der Waals surface area contributed by atoms with E-state index in [4.69, 9.17) is 10.9 Å². The van der Waals surface area contributed by atoms with Crippen LogP contribution in [0.15, 0.2) is 81.8 Å². The highest BCUT2D eigenvalue weighted by Gasteiger charge is 2.30. The Morgan fingerprint density at radius 3 is 2.43 bits per heavy atom. The van der Waals surface area contributed by atoms with Gasteiger partial charge in [0, 0.05) is 18.7 Å². The summed E-state index contributed by atoms with van der Waals surface area (Å²) in [6, 6.07) is 18.5. The number of hydrogen-bond donors (Lipinski definition) is 4. The molecule has 1 saturated heterocycles. The molecule has 0 saturated carbocycles. The van der Waals surface area contributed by atoms with Crippen molar-refractivity contribution in [3.05, 3.63) is 77.9 Å². The molecule has 194 valence electrons. The minimum atomic E-state index is -3.97. The average Bonchev–Trinajstić information content (AvgIpc) is 2.93. The summed E-state index contributed by atoms with van der Waals surface area (Å²) in [6.45, 7) is 1.23. The van der Waals surface area contributed by atoms with E-state index in [1.807, 2.05) is 24.3 Å². The number of fused-ring (bicyclic) bond motifs is 1. The molecule has 37 heavy (non-hydrogen) atoms. The summed E-state index contributed by atoms with van der Waals surface area (Å²) >= 11 is 0. The molecule has 0 aliphatic carbocycles. The van der Waals surface area contributed by atoms with Crippen LogP contribution >= 0.6 is 0 Å². The molecule has 1 aliphatic heterocycles. The van der Waals surface area contributed by atoms with Crippen LogP contribution < -0.4 is 15.9 Å². The van der Waals surface area contributed by atoms with Crippen molar-refractivity contribution < 1.29 is 18.4 Å². The fourth-order valence-electron chi connectivity index (χ4n) is 4.33. The number of nitrogens with two attached hydrogens (primary N) is 1. The Kier molecular flexibility index (Phi) is 8.49. The standard InChI is InChI=1S/C26H30N6O4S/c27-25(30-28-18-29-34)21-10-8-19(9-11-21)16-24(26(33)32-14-4-1-5-15-32)31-37(35,36)23-13-12-20-6-2-3-7-22(20)17-23/h2-3,6-13,17-18,24,31,34H,1,4-5,14-16H2,(H2,27,30)(H,28,29)/t24-/m0/s1. The highest BCUT2D eigenvalue weighted by molar-refractivity contribution is 7.89. The Hall–Kier alpha value is -3.80. The number of piperidine rings is 1. The van der Waals surface area contributed by atoms with Crippen molar-refractivity contribution in [1.29, 1.82) is 0 Å². The number of amidine groups is 1. The zero-order chi connectivity index (χ0) is 26.3. The number of rotatable bonds is 9. The summed E-state index contributed by atoms with van der Waals surface area (Å²) < 4.78 is 29.4. The normalized spacial score (nSPS) is 15.7. The summed E-state index contributed by atoms with van der Waals surface area (Å²) in [5.74, 6) is -0.101. The van der Waals surface area contributed by atoms with Crippen molar-refractivity contribution in [2.45, 2.75) is 36.6 Å². The van der Waals surface area contributed by atoms with Crippen LogP contribution in [0.1, 0.15) is 30.4 Å². The average molecular weight is 523 g/mol. The molecule has 4 rings (SSSR count). The quantitative estimate of drug-likeness (QED) is 0.193. The summed E-state index contributed by atoms with van der Waals surface area (Å²) in [6.07, 6.45) is 4.00. The van der Waals surface area contributed by atoms with E-state index in [1.54, 1.807) is 52.8 Å². The molecule has 3 aromatic rings. The van der Waals surface area contributed by atoms with Crippen molar-refractivity contribution in [2.75, 3.05) is 13.1 Å². The molecule has 0 radical (unpaired) electrons. The second-order valence-electron chi connectivity index (χ2n) is 8.83. The van der Waals surface area contributed by atoms with Gasteiger partial charge in [0.2, 0.25) is 15.9 Å². The Bertz CT molecular complexity index is 1400. The van der Waals surface area contributed by atoms with Gasteiger partial charge in [0.1, 0.15) is 12.4 Å². The molecular formula is C26H30N6O4S. The van der Waals surface area contributed by atoms with E-state index in [-0.39, 0.29) is 23.1 Å². The first-order chi connectivity index (χ1) is 17.9. The van der Waals surface area contributed by atoms with Gasteiger partial charge in [0.25, 0.3) is 0 Å². The third-order valence-electron chi connectivity index (χ3n) is 6.26. The smallest absolute Gasteiger partial charge is 0.241 e. The first-order valence-corrected chi connectivity index (χ1v) is 13.5. The maximum absolute atomic E-state index is 13.5. The Labute approximate surface area is 215 Å². The predicted molar refractivity (Wildman–Crippen MR) is 143 cm³/mol. The van der Waals surface area contributed by atoms with Crippen molar-refractivity contribution in [3.8, 4) is 0 Å². The van der Waals surface area contributed by atoms with Gasteiger partial charge >= 0.3 is 0 Å². The van der Waals surface area contributed by atoms with E-state index in [0.29, 0.717) is 18.7 Å². The zero-order valence-corrected chi connectivity index (χ0v) is 21.1. The minimum Gasteiger partial charge on any atom is -0.382 e. The number of amides is 1. The SMILES string of the molecule is NC(=NN=CNO)c1ccc(C[C@H](NS(=O)(=O)c2ccc3ccccc3c2)C(=O)N2CCCCC2)cc1. The number of hydroxylamine groups is 1. The van der Waals surface area contributed by atoms with Crippen LogP contribution in [-0.2, 0) is 21.2 Å². The van der Waals surface area contributed by atoms with Gasteiger partial charge in [-0.1, -0.05) is 54.6 Å². The fraction of sp³-hybridized carbons (Fsp3) is 0.269. The third-order valence-corrected chi connectivity index (χ3v) is 7.73. The number of carbonyl (C=O) groups is 1. The van der Waals surface area contributed by atoms with Crippen molar-refractivity contribution in [2.24, 2.45) is 15.9 Å². The number of likely N-dealkylation sites (tertiary alicyclic amines) is 1. The van der Waals surface area contributed by atoms with Crippen LogP contribution in [0, 0.1) is 0 Å². The molecule has 0 unspecified atom stereocenters. The largest absolute Gasteiger partial charge is 0.382 e. The number of nitrogens with one attached hydrogen (secondary N) is 2. The number of benzene rings is 3. The van der Waals surface area contributed by atoms with Crippen molar-refractivity contribution in [1.82, 2.24) is 15.1 Å². The minimum absolute atomic E-state index is 0.111. The van der Waals surface area contributed by atoms with Crippen LogP contribution in [0.3, 0.4) is 0 Å². The lowest BCUT2D eigenvalue weighted by molar-refractivity contribution is -0.133. The lowest BCUT2D eigenvalue weighted by atomic mass is 10.0. The summed E-state index contributed by atoms with van der Waals surface area (Å²) in [4.78, 5) is 15.3. The molecule has 5 N–H and O–H groups in total. The number of carbonyl (C=O) groups excluding carboxylic acids is 1. The van der Waals surface area contributed by atoms with E-state index in [2.05, 4.69) is 14.9 Å². The van der Waals surface area contributed by atoms with E-state index >= 15 is 0 Å². The third kappa shape index (κ3) is 6.70. The van der Waals surface area contributed by atoms with Crippen molar-refractivity contribution in [3.63, 3.8) is 0 Å². The van der Waals surface area contributed by atoms with Crippen LogP contribution in [0.2, 0.25) is 0 Å². The molecule has 1 aliphatic rings. The van der Waals surface area contributed by atoms with E-state index in [1.165, 1.54) is 0 Å². The molecule has 1 atom stereocenters. The Morgan fingerprint density at radius 2 is 1.73 bits per heavy atom. The van der Waals surface area contributed by atoms with Crippen LogP contribution in [0.5, 0.6) is 0 Å². The molecular weight excluding hydrogens is 492 g/mol. The van der Waals surface area contributed by atoms with Gasteiger partial charge in [-0.2, -0.15) is 4.72 Å². The molecule has 0 aromatic heterocycles. The fourth-order valence-corrected chi connectivity index (χ4v) is 5.55. The van der Waals surface area contributed by atoms with Gasteiger partial charge in [0.05, 0.1) is 4.90 Å². The summed E-state index contributed by atoms with van der Waals surface area (Å²) in [5, 5.41) is 17.6. The number of sulfonamides is 1. The second kappa shape index (κ2) is 12.0. The van der Waals surface area contributed by atoms with Crippen molar-refractivity contribution >= 4 is 38.9 Å². The van der Waals surface area contributed by atoms with Gasteiger partial charge < -0.3 is 10.6 Å². The first kappa shape index (κ1) is 26.3. The molecule has 0 bridgehead atoms. The molecule has 1 amide bonds. The predicted octanol–water partition coefficient (Wildman–Crippen LogP) is 2.37. The molecule has 0 spiro atoms. The second-order valence-corrected chi connectivity index (χ2v) is 10.5. The van der Waals surface area contributed by atoms with Crippen LogP contribution in [-0.4, -0.2) is 55.7 Å². The monoisotopic (exact) mass is 522 g/mol. The highest BCUT2D eigenvalue weighted by Crippen LogP contribution is 2.20.